The van der Waals surface area contributed by atoms with Gasteiger partial charge in [-0.05, 0) is 29.5 Å². The Balaban J connectivity index is 0.000000351. The van der Waals surface area contributed by atoms with Crippen LogP contribution in [-0.4, -0.2) is 18.8 Å². The summed E-state index contributed by atoms with van der Waals surface area (Å²) >= 11 is 4.31. The second kappa shape index (κ2) is 12.3. The quantitative estimate of drug-likeness (QED) is 0.384. The van der Waals surface area contributed by atoms with Gasteiger partial charge in [-0.2, -0.15) is 0 Å². The van der Waals surface area contributed by atoms with Crippen LogP contribution in [0.4, 0.5) is 0 Å². The smallest absolute Gasteiger partial charge is 0.249 e. The maximum absolute atomic E-state index is 11.4. The Morgan fingerprint density at radius 1 is 1.08 bits per heavy atom. The molecule has 133 valence electrons. The molecule has 0 saturated carbocycles. The van der Waals surface area contributed by atoms with Crippen LogP contribution in [-0.2, 0) is 23.0 Å². The number of thioether (sulfide) groups is 1. The van der Waals surface area contributed by atoms with Gasteiger partial charge in [0.1, 0.15) is 0 Å². The van der Waals surface area contributed by atoms with E-state index in [9.17, 15) is 4.79 Å². The zero-order chi connectivity index (χ0) is 17.8. The Labute approximate surface area is 160 Å². The normalized spacial score (nSPS) is 10.0. The molecule has 0 heterocycles. The average molecular weight is 437 g/mol. The van der Waals surface area contributed by atoms with Gasteiger partial charge in [0.2, 0.25) is 5.91 Å². The molecular formula is C19H24NO2PdS. The molecule has 2 rings (SSSR count). The second-order valence-electron chi connectivity index (χ2n) is 5.11. The number of carbonyl (C=O) groups excluding carboxylic acids is 1. The number of carbonyl (C=O) groups is 1. The van der Waals surface area contributed by atoms with Crippen molar-refractivity contribution in [2.45, 2.75) is 31.1 Å². The molecule has 24 heavy (non-hydrogen) atoms. The molecule has 0 bridgehead atoms. The number of hydrogen-bond acceptors (Lipinski definition) is 3. The molecule has 3 nitrogen and oxygen atoms in total. The first-order valence-electron chi connectivity index (χ1n) is 7.88. The van der Waals surface area contributed by atoms with Crippen LogP contribution in [0.2, 0.25) is 0 Å². The minimum atomic E-state index is -0.392. The first-order valence-corrected chi connectivity index (χ1v) is 9.74. The largest absolute Gasteiger partial charge is 0.366 e. The first kappa shape index (κ1) is 20.9. The average Bonchev–Trinajstić information content (AvgIpc) is 2.62. The molecular weight excluding hydrogens is 413 g/mol. The van der Waals surface area contributed by atoms with E-state index in [2.05, 4.69) is 26.5 Å². The summed E-state index contributed by atoms with van der Waals surface area (Å²) in [7, 11) is 0. The second-order valence-corrected chi connectivity index (χ2v) is 6.41. The molecule has 0 radical (unpaired) electrons. The third kappa shape index (κ3) is 6.78. The number of rotatable bonds is 7. The maximum Gasteiger partial charge on any atom is 0.249 e. The number of hydrogen-bond donors (Lipinski definition) is 1. The van der Waals surface area contributed by atoms with Crippen LogP contribution in [0.1, 0.15) is 36.5 Å². The number of benzene rings is 2. The van der Waals surface area contributed by atoms with Gasteiger partial charge in [0.15, 0.2) is 0 Å². The van der Waals surface area contributed by atoms with Gasteiger partial charge in [-0.25, -0.2) is 0 Å². The Kier molecular flexibility index (Phi) is 10.7. The monoisotopic (exact) mass is 436 g/mol. The number of amides is 1. The van der Waals surface area contributed by atoms with Gasteiger partial charge >= 0.3 is 55.8 Å². The molecule has 0 atom stereocenters. The van der Waals surface area contributed by atoms with Crippen molar-refractivity contribution in [3.05, 3.63) is 54.1 Å². The van der Waals surface area contributed by atoms with Gasteiger partial charge in [-0.3, -0.25) is 4.79 Å². The van der Waals surface area contributed by atoms with Crippen molar-refractivity contribution in [1.29, 1.82) is 0 Å². The molecule has 2 aromatic carbocycles. The fourth-order valence-electron chi connectivity index (χ4n) is 2.20. The minimum Gasteiger partial charge on any atom is -0.366 e. The maximum atomic E-state index is 11.4. The molecule has 0 fully saturated rings. The van der Waals surface area contributed by atoms with Crippen LogP contribution in [0.3, 0.4) is 0 Å². The van der Waals surface area contributed by atoms with E-state index < -0.39 is 5.91 Å². The first-order chi connectivity index (χ1) is 11.7. The van der Waals surface area contributed by atoms with E-state index in [1.165, 1.54) is 19.3 Å². The molecule has 1 amide bonds. The van der Waals surface area contributed by atoms with Crippen LogP contribution in [0.25, 0.3) is 11.1 Å². The van der Waals surface area contributed by atoms with Crippen molar-refractivity contribution < 1.29 is 27.8 Å². The molecule has 0 aliphatic heterocycles. The predicted molar refractivity (Wildman–Crippen MR) is 97.7 cm³/mol. The Morgan fingerprint density at radius 3 is 2.29 bits per heavy atom. The van der Waals surface area contributed by atoms with E-state index in [1.54, 1.807) is 17.8 Å². The summed E-state index contributed by atoms with van der Waals surface area (Å²) < 4.78 is 4.69. The minimum absolute atomic E-state index is 0.392. The number of nitrogens with two attached hydrogens (primary N) is 1. The molecule has 0 spiro atoms. The molecule has 0 aromatic heterocycles. The fraction of sp³-hybridized carbons (Fsp3) is 0.316. The van der Waals surface area contributed by atoms with E-state index in [1.807, 2.05) is 48.7 Å². The summed E-state index contributed by atoms with van der Waals surface area (Å²) in [4.78, 5) is 12.6. The molecule has 2 aromatic rings. The van der Waals surface area contributed by atoms with Gasteiger partial charge in [-0.15, -0.1) is 11.8 Å². The molecule has 0 unspecified atom stereocenters. The summed E-state index contributed by atoms with van der Waals surface area (Å²) in [5.74, 6) is -0.392. The molecule has 0 saturated heterocycles. The van der Waals surface area contributed by atoms with E-state index in [0.717, 1.165) is 22.6 Å². The van der Waals surface area contributed by atoms with Crippen LogP contribution < -0.4 is 5.73 Å². The zero-order valence-corrected chi connectivity index (χ0v) is 16.4. The molecule has 2 N–H and O–H groups in total. The van der Waals surface area contributed by atoms with E-state index in [4.69, 9.17) is 9.19 Å². The Hall–Kier alpha value is -1.12. The van der Waals surface area contributed by atoms with Crippen LogP contribution in [0, 0.1) is 0 Å². The van der Waals surface area contributed by atoms with Gasteiger partial charge in [0.25, 0.3) is 0 Å². The van der Waals surface area contributed by atoms with Gasteiger partial charge in [-0.1, -0.05) is 36.4 Å². The standard InChI is InChI=1S/C14H13NOS.C5H11O.Pd/c1-17-13-9-5-4-7-11(13)10-6-2-3-8-12(10)14(15)16;1-2-3-4-5-6;/h2-9H,1H3,(H2,15,16);2-5H2,1H3;/q;-1;+1. The third-order valence-corrected chi connectivity index (χ3v) is 4.52. The van der Waals surface area contributed by atoms with Crippen molar-refractivity contribution in [2.24, 2.45) is 5.73 Å². The van der Waals surface area contributed by atoms with Crippen LogP contribution in [0.5, 0.6) is 0 Å². The van der Waals surface area contributed by atoms with Crippen molar-refractivity contribution in [3.8, 4) is 11.1 Å². The SMILES string of the molecule is CCCCC[O][Pd].CSc1ccccc1-c1ccccc1C(N)=O. The molecule has 0 aliphatic rings. The fourth-order valence-corrected chi connectivity index (χ4v) is 3.03. The zero-order valence-electron chi connectivity index (χ0n) is 14.1. The van der Waals surface area contributed by atoms with Crippen molar-refractivity contribution in [1.82, 2.24) is 0 Å². The predicted octanol–water partition coefficient (Wildman–Crippen LogP) is 4.83. The van der Waals surface area contributed by atoms with Gasteiger partial charge in [0, 0.05) is 10.5 Å². The summed E-state index contributed by atoms with van der Waals surface area (Å²) in [6, 6.07) is 15.4. The Morgan fingerprint density at radius 2 is 1.71 bits per heavy atom. The van der Waals surface area contributed by atoms with Gasteiger partial charge in [0.05, 0.1) is 0 Å². The van der Waals surface area contributed by atoms with Crippen molar-refractivity contribution >= 4 is 17.7 Å². The number of primary amides is 1. The Bertz CT molecular complexity index is 630. The van der Waals surface area contributed by atoms with E-state index in [0.29, 0.717) is 5.56 Å². The molecule has 5 heteroatoms. The number of unbranched alkanes of at least 4 members (excludes halogenated alkanes) is 2. The summed E-state index contributed by atoms with van der Waals surface area (Å²) in [6.07, 6.45) is 5.74. The summed E-state index contributed by atoms with van der Waals surface area (Å²) in [5, 5.41) is 0. The van der Waals surface area contributed by atoms with Gasteiger partial charge < -0.3 is 5.73 Å². The van der Waals surface area contributed by atoms with Crippen molar-refractivity contribution in [2.75, 3.05) is 12.9 Å². The van der Waals surface area contributed by atoms with Crippen LogP contribution in [0.15, 0.2) is 53.4 Å². The summed E-state index contributed by atoms with van der Waals surface area (Å²) in [6.45, 7) is 3.04. The van der Waals surface area contributed by atoms with E-state index in [-0.39, 0.29) is 0 Å². The van der Waals surface area contributed by atoms with E-state index >= 15 is 0 Å². The topological polar surface area (TPSA) is 52.3 Å². The molecule has 0 aliphatic carbocycles. The van der Waals surface area contributed by atoms with Crippen LogP contribution >= 0.6 is 11.8 Å². The summed E-state index contributed by atoms with van der Waals surface area (Å²) in [5.41, 5.74) is 7.91. The van der Waals surface area contributed by atoms with Crippen molar-refractivity contribution in [3.63, 3.8) is 0 Å². The third-order valence-electron chi connectivity index (χ3n) is 3.40.